The first kappa shape index (κ1) is 8.74. The molecule has 0 unspecified atom stereocenters. The van der Waals surface area contributed by atoms with E-state index in [2.05, 4.69) is 4.98 Å². The van der Waals surface area contributed by atoms with Crippen molar-refractivity contribution < 1.29 is 4.39 Å². The van der Waals surface area contributed by atoms with Gasteiger partial charge in [-0.1, -0.05) is 6.07 Å². The minimum atomic E-state index is -0.310. The topological polar surface area (TPSA) is 37.8 Å². The van der Waals surface area contributed by atoms with Gasteiger partial charge in [0.2, 0.25) is 0 Å². The Labute approximate surface area is 79.8 Å². The summed E-state index contributed by atoms with van der Waals surface area (Å²) < 4.78 is 14.6. The van der Waals surface area contributed by atoms with Crippen LogP contribution in [0.25, 0.3) is 5.69 Å². The maximum atomic E-state index is 13.2. The van der Waals surface area contributed by atoms with Gasteiger partial charge in [0.1, 0.15) is 5.82 Å². The van der Waals surface area contributed by atoms with E-state index in [1.54, 1.807) is 25.3 Å². The van der Waals surface area contributed by atoms with Gasteiger partial charge in [0.25, 0.3) is 0 Å². The normalized spacial score (nSPS) is 10.4. The molecule has 0 bridgehead atoms. The molecule has 4 heteroatoms. The number of nitrogens with one attached hydrogen (secondary N) is 1. The molecule has 1 N–H and O–H groups in total. The van der Waals surface area contributed by atoms with Crippen molar-refractivity contribution in [3.8, 4) is 5.69 Å². The van der Waals surface area contributed by atoms with Crippen LogP contribution in [0.15, 0.2) is 35.4 Å². The van der Waals surface area contributed by atoms with Crippen molar-refractivity contribution in [1.82, 2.24) is 9.55 Å². The van der Waals surface area contributed by atoms with Crippen LogP contribution in [-0.2, 0) is 0 Å². The highest BCUT2D eigenvalue weighted by Gasteiger charge is 2.06. The van der Waals surface area contributed by atoms with E-state index in [0.29, 0.717) is 11.3 Å². The van der Waals surface area contributed by atoms with Crippen LogP contribution >= 0.6 is 0 Å². The SMILES string of the molecule is Cc1c(F)cccc1-n1cc[nH]c1=O. The summed E-state index contributed by atoms with van der Waals surface area (Å²) in [6.45, 7) is 1.64. The molecule has 2 aromatic rings. The first-order valence-corrected chi connectivity index (χ1v) is 4.21. The van der Waals surface area contributed by atoms with Crippen molar-refractivity contribution in [2.45, 2.75) is 6.92 Å². The number of aromatic nitrogens is 2. The fourth-order valence-corrected chi connectivity index (χ4v) is 1.37. The molecule has 0 spiro atoms. The third-order valence-electron chi connectivity index (χ3n) is 2.15. The molecule has 0 aliphatic rings. The second kappa shape index (κ2) is 3.14. The second-order valence-corrected chi connectivity index (χ2v) is 3.02. The monoisotopic (exact) mass is 192 g/mol. The maximum absolute atomic E-state index is 13.2. The highest BCUT2D eigenvalue weighted by molar-refractivity contribution is 5.40. The average Bonchev–Trinajstić information content (AvgIpc) is 2.57. The Morgan fingerprint density at radius 1 is 1.43 bits per heavy atom. The zero-order chi connectivity index (χ0) is 10.1. The maximum Gasteiger partial charge on any atom is 0.330 e. The lowest BCUT2D eigenvalue weighted by molar-refractivity contribution is 0.616. The minimum absolute atomic E-state index is 0.265. The number of aromatic amines is 1. The number of rotatable bonds is 1. The van der Waals surface area contributed by atoms with E-state index < -0.39 is 0 Å². The van der Waals surface area contributed by atoms with Crippen LogP contribution in [0.1, 0.15) is 5.56 Å². The van der Waals surface area contributed by atoms with Gasteiger partial charge < -0.3 is 4.98 Å². The molecule has 1 heterocycles. The van der Waals surface area contributed by atoms with E-state index >= 15 is 0 Å². The van der Waals surface area contributed by atoms with E-state index in [4.69, 9.17) is 0 Å². The van der Waals surface area contributed by atoms with Gasteiger partial charge in [0.15, 0.2) is 0 Å². The Bertz CT molecular complexity index is 513. The summed E-state index contributed by atoms with van der Waals surface area (Å²) in [5.74, 6) is -0.310. The lowest BCUT2D eigenvalue weighted by Crippen LogP contribution is -2.15. The van der Waals surface area contributed by atoms with Crippen molar-refractivity contribution in [3.05, 3.63) is 52.5 Å². The summed E-state index contributed by atoms with van der Waals surface area (Å²) in [5.41, 5.74) is 0.768. The second-order valence-electron chi connectivity index (χ2n) is 3.02. The fourth-order valence-electron chi connectivity index (χ4n) is 1.37. The molecular formula is C10H9FN2O. The van der Waals surface area contributed by atoms with Crippen molar-refractivity contribution in [2.24, 2.45) is 0 Å². The van der Waals surface area contributed by atoms with Crippen molar-refractivity contribution >= 4 is 0 Å². The van der Waals surface area contributed by atoms with Gasteiger partial charge in [-0.15, -0.1) is 0 Å². The molecule has 0 atom stereocenters. The average molecular weight is 192 g/mol. The van der Waals surface area contributed by atoms with Gasteiger partial charge >= 0.3 is 5.69 Å². The van der Waals surface area contributed by atoms with Crippen LogP contribution in [0.5, 0.6) is 0 Å². The molecule has 1 aromatic carbocycles. The number of H-pyrrole nitrogens is 1. The van der Waals surface area contributed by atoms with Crippen molar-refractivity contribution in [3.63, 3.8) is 0 Å². The molecule has 3 nitrogen and oxygen atoms in total. The molecule has 0 radical (unpaired) electrons. The van der Waals surface area contributed by atoms with E-state index in [1.807, 2.05) is 0 Å². The summed E-state index contributed by atoms with van der Waals surface area (Å²) in [6.07, 6.45) is 3.09. The van der Waals surface area contributed by atoms with Crippen molar-refractivity contribution in [2.75, 3.05) is 0 Å². The largest absolute Gasteiger partial charge is 0.330 e. The minimum Gasteiger partial charge on any atom is -0.312 e. The van der Waals surface area contributed by atoms with Crippen LogP contribution in [0.2, 0.25) is 0 Å². The van der Waals surface area contributed by atoms with E-state index in [9.17, 15) is 9.18 Å². The van der Waals surface area contributed by atoms with Gasteiger partial charge in [0, 0.05) is 18.0 Å². The quantitative estimate of drug-likeness (QED) is 0.732. The number of imidazole rings is 1. The number of hydrogen-bond donors (Lipinski definition) is 1. The Balaban J connectivity index is 2.69. The molecule has 0 fully saturated rings. The third kappa shape index (κ3) is 1.25. The fraction of sp³-hybridized carbons (Fsp3) is 0.100. The molecule has 0 saturated heterocycles. The molecule has 0 aliphatic heterocycles. The zero-order valence-electron chi connectivity index (χ0n) is 7.62. The molecule has 0 saturated carbocycles. The Morgan fingerprint density at radius 3 is 2.86 bits per heavy atom. The zero-order valence-corrected chi connectivity index (χ0v) is 7.62. The van der Waals surface area contributed by atoms with E-state index in [-0.39, 0.29) is 11.5 Å². The highest BCUT2D eigenvalue weighted by atomic mass is 19.1. The Hall–Kier alpha value is -1.84. The molecule has 0 amide bonds. The lowest BCUT2D eigenvalue weighted by atomic mass is 10.2. The third-order valence-corrected chi connectivity index (χ3v) is 2.15. The highest BCUT2D eigenvalue weighted by Crippen LogP contribution is 2.14. The van der Waals surface area contributed by atoms with E-state index in [1.165, 1.54) is 16.8 Å². The summed E-state index contributed by atoms with van der Waals surface area (Å²) in [6, 6.07) is 4.65. The summed E-state index contributed by atoms with van der Waals surface area (Å²) in [4.78, 5) is 13.8. The molecule has 72 valence electrons. The van der Waals surface area contributed by atoms with E-state index in [0.717, 1.165) is 0 Å². The predicted octanol–water partition coefficient (Wildman–Crippen LogP) is 1.61. The number of hydrogen-bond acceptors (Lipinski definition) is 1. The van der Waals surface area contributed by atoms with Gasteiger partial charge in [-0.3, -0.25) is 4.57 Å². The summed E-state index contributed by atoms with van der Waals surface area (Å²) >= 11 is 0. The standard InChI is InChI=1S/C10H9FN2O/c1-7-8(11)3-2-4-9(7)13-6-5-12-10(13)14/h2-6H,1H3,(H,12,14). The van der Waals surface area contributed by atoms with Gasteiger partial charge in [-0.05, 0) is 19.1 Å². The first-order valence-electron chi connectivity index (χ1n) is 4.21. The summed E-state index contributed by atoms with van der Waals surface area (Å²) in [5, 5.41) is 0. The smallest absolute Gasteiger partial charge is 0.312 e. The number of nitrogens with zero attached hydrogens (tertiary/aromatic N) is 1. The number of halogens is 1. The Kier molecular flexibility index (Phi) is 1.96. The molecule has 14 heavy (non-hydrogen) atoms. The van der Waals surface area contributed by atoms with Crippen LogP contribution in [0.4, 0.5) is 4.39 Å². The molecular weight excluding hydrogens is 183 g/mol. The van der Waals surface area contributed by atoms with Gasteiger partial charge in [-0.25, -0.2) is 9.18 Å². The molecule has 1 aromatic heterocycles. The lowest BCUT2D eigenvalue weighted by Gasteiger charge is -2.05. The van der Waals surface area contributed by atoms with Crippen LogP contribution in [0.3, 0.4) is 0 Å². The van der Waals surface area contributed by atoms with Gasteiger partial charge in [0.05, 0.1) is 5.69 Å². The Morgan fingerprint density at radius 2 is 2.21 bits per heavy atom. The van der Waals surface area contributed by atoms with Crippen LogP contribution in [-0.4, -0.2) is 9.55 Å². The van der Waals surface area contributed by atoms with Crippen LogP contribution in [0, 0.1) is 12.7 Å². The van der Waals surface area contributed by atoms with Crippen molar-refractivity contribution in [1.29, 1.82) is 0 Å². The first-order chi connectivity index (χ1) is 6.70. The molecule has 2 rings (SSSR count). The molecule has 0 aliphatic carbocycles. The summed E-state index contributed by atoms with van der Waals surface area (Å²) in [7, 11) is 0. The van der Waals surface area contributed by atoms with Crippen LogP contribution < -0.4 is 5.69 Å². The number of benzene rings is 1. The van der Waals surface area contributed by atoms with Gasteiger partial charge in [-0.2, -0.15) is 0 Å². The predicted molar refractivity (Wildman–Crippen MR) is 51.1 cm³/mol.